The van der Waals surface area contributed by atoms with E-state index in [9.17, 15) is 0 Å². The lowest BCUT2D eigenvalue weighted by Gasteiger charge is -2.01. The molecular formula is C9H10ClN3O. The molecule has 1 N–H and O–H groups in total. The van der Waals surface area contributed by atoms with Crippen LogP contribution >= 0.6 is 12.4 Å². The van der Waals surface area contributed by atoms with Crippen molar-refractivity contribution in [3.05, 3.63) is 36.3 Å². The maximum absolute atomic E-state index is 7.45. The Kier molecular flexibility index (Phi) is 3.09. The van der Waals surface area contributed by atoms with Crippen LogP contribution in [0.1, 0.15) is 5.56 Å². The van der Waals surface area contributed by atoms with Crippen LogP contribution in [0.5, 0.6) is 0 Å². The first kappa shape index (κ1) is 10.5. The molecular weight excluding hydrogens is 202 g/mol. The van der Waals surface area contributed by atoms with Crippen molar-refractivity contribution in [2.75, 3.05) is 7.11 Å². The highest BCUT2D eigenvalue weighted by atomic mass is 35.5. The first-order valence-electron chi connectivity index (χ1n) is 3.87. The predicted molar refractivity (Wildman–Crippen MR) is 56.3 cm³/mol. The van der Waals surface area contributed by atoms with Gasteiger partial charge in [-0.2, -0.15) is 0 Å². The highest BCUT2D eigenvalue weighted by Crippen LogP contribution is 2.06. The van der Waals surface area contributed by atoms with E-state index in [1.54, 1.807) is 6.20 Å². The topological polar surface area (TPSA) is 50.4 Å². The van der Waals surface area contributed by atoms with Gasteiger partial charge in [-0.3, -0.25) is 5.41 Å². The molecule has 0 bridgehead atoms. The molecule has 0 aliphatic carbocycles. The Morgan fingerprint density at radius 1 is 1.50 bits per heavy atom. The van der Waals surface area contributed by atoms with Crippen LogP contribution in [0.4, 0.5) is 0 Å². The van der Waals surface area contributed by atoms with Crippen molar-refractivity contribution in [3.63, 3.8) is 0 Å². The fourth-order valence-electron chi connectivity index (χ4n) is 1.17. The van der Waals surface area contributed by atoms with Gasteiger partial charge in [0.1, 0.15) is 5.65 Å². The summed E-state index contributed by atoms with van der Waals surface area (Å²) in [6.45, 7) is 0. The maximum Gasteiger partial charge on any atom is 0.213 e. The standard InChI is InChI=1S/C9H9N3O.ClH/c1-13-9(10)7-2-4-12-5-3-11-8(12)6-7;/h2-6,10H,1H3;1H. The van der Waals surface area contributed by atoms with E-state index in [1.807, 2.05) is 28.9 Å². The van der Waals surface area contributed by atoms with Crippen LogP contribution in [0.25, 0.3) is 5.65 Å². The Bertz CT molecular complexity index is 452. The highest BCUT2D eigenvalue weighted by molar-refractivity contribution is 5.92. The second-order valence-electron chi connectivity index (χ2n) is 2.64. The van der Waals surface area contributed by atoms with Crippen molar-refractivity contribution < 1.29 is 4.74 Å². The quantitative estimate of drug-likeness (QED) is 0.577. The van der Waals surface area contributed by atoms with Crippen LogP contribution < -0.4 is 0 Å². The summed E-state index contributed by atoms with van der Waals surface area (Å²) >= 11 is 0. The average Bonchev–Trinajstić information content (AvgIpc) is 2.63. The fraction of sp³-hybridized carbons (Fsp3) is 0.111. The largest absolute Gasteiger partial charge is 0.481 e. The number of halogens is 1. The van der Waals surface area contributed by atoms with Crippen LogP contribution in [0, 0.1) is 5.41 Å². The van der Waals surface area contributed by atoms with E-state index in [1.165, 1.54) is 7.11 Å². The molecule has 14 heavy (non-hydrogen) atoms. The minimum Gasteiger partial charge on any atom is -0.481 e. The Morgan fingerprint density at radius 3 is 3.00 bits per heavy atom. The van der Waals surface area contributed by atoms with Crippen LogP contribution in [0.2, 0.25) is 0 Å². The van der Waals surface area contributed by atoms with E-state index in [-0.39, 0.29) is 18.3 Å². The van der Waals surface area contributed by atoms with Crippen LogP contribution in [0.3, 0.4) is 0 Å². The predicted octanol–water partition coefficient (Wildman–Crippen LogP) is 1.73. The van der Waals surface area contributed by atoms with Gasteiger partial charge in [-0.15, -0.1) is 12.4 Å². The Labute approximate surface area is 87.5 Å². The number of nitrogens with zero attached hydrogens (tertiary/aromatic N) is 2. The number of fused-ring (bicyclic) bond motifs is 1. The van der Waals surface area contributed by atoms with Gasteiger partial charge >= 0.3 is 0 Å². The van der Waals surface area contributed by atoms with Crippen LogP contribution in [-0.4, -0.2) is 22.4 Å². The van der Waals surface area contributed by atoms with Gasteiger partial charge in [0.2, 0.25) is 5.90 Å². The molecule has 0 fully saturated rings. The molecule has 2 heterocycles. The number of hydrogen-bond donors (Lipinski definition) is 1. The highest BCUT2D eigenvalue weighted by Gasteiger charge is 2.01. The number of nitrogens with one attached hydrogen (secondary N) is 1. The van der Waals surface area contributed by atoms with Gasteiger partial charge in [0.05, 0.1) is 7.11 Å². The minimum absolute atomic E-state index is 0. The third-order valence-corrected chi connectivity index (χ3v) is 1.86. The molecule has 5 heteroatoms. The maximum atomic E-state index is 7.45. The van der Waals surface area contributed by atoms with Gasteiger partial charge in [-0.1, -0.05) is 0 Å². The number of ether oxygens (including phenoxy) is 1. The molecule has 0 aromatic carbocycles. The van der Waals surface area contributed by atoms with E-state index >= 15 is 0 Å². The third-order valence-electron chi connectivity index (χ3n) is 1.86. The summed E-state index contributed by atoms with van der Waals surface area (Å²) in [5.74, 6) is 0.158. The summed E-state index contributed by atoms with van der Waals surface area (Å²) in [6.07, 6.45) is 5.43. The zero-order valence-corrected chi connectivity index (χ0v) is 8.41. The number of hydrogen-bond acceptors (Lipinski definition) is 3. The molecule has 0 aliphatic rings. The molecule has 0 radical (unpaired) electrons. The normalized spacial score (nSPS) is 9.50. The Morgan fingerprint density at radius 2 is 2.29 bits per heavy atom. The number of imidazole rings is 1. The summed E-state index contributed by atoms with van der Waals surface area (Å²) in [6, 6.07) is 3.63. The lowest BCUT2D eigenvalue weighted by Crippen LogP contribution is -2.01. The van der Waals surface area contributed by atoms with Gasteiger partial charge in [0, 0.05) is 24.2 Å². The molecule has 2 aromatic heterocycles. The SMILES string of the molecule is COC(=N)c1ccn2ccnc2c1.Cl. The summed E-state index contributed by atoms with van der Waals surface area (Å²) < 4.78 is 6.69. The second kappa shape index (κ2) is 4.11. The molecule has 0 saturated heterocycles. The molecule has 0 spiro atoms. The first-order chi connectivity index (χ1) is 6.31. The van der Waals surface area contributed by atoms with Crippen LogP contribution in [-0.2, 0) is 4.74 Å². The summed E-state index contributed by atoms with van der Waals surface area (Å²) in [5.41, 5.74) is 1.56. The lowest BCUT2D eigenvalue weighted by atomic mass is 10.2. The zero-order chi connectivity index (χ0) is 9.26. The van der Waals surface area contributed by atoms with Crippen molar-refractivity contribution in [2.45, 2.75) is 0 Å². The van der Waals surface area contributed by atoms with E-state index < -0.39 is 0 Å². The van der Waals surface area contributed by atoms with Gasteiger partial charge in [0.25, 0.3) is 0 Å². The van der Waals surface area contributed by atoms with E-state index in [4.69, 9.17) is 10.1 Å². The molecule has 0 saturated carbocycles. The molecule has 2 aromatic rings. The van der Waals surface area contributed by atoms with Gasteiger partial charge in [-0.25, -0.2) is 4.98 Å². The zero-order valence-electron chi connectivity index (χ0n) is 7.60. The van der Waals surface area contributed by atoms with E-state index in [2.05, 4.69) is 4.98 Å². The smallest absolute Gasteiger partial charge is 0.213 e. The van der Waals surface area contributed by atoms with Crippen LogP contribution in [0.15, 0.2) is 30.7 Å². The Balaban J connectivity index is 0.000000980. The number of rotatable bonds is 1. The minimum atomic E-state index is 0. The summed E-state index contributed by atoms with van der Waals surface area (Å²) in [5, 5.41) is 7.45. The van der Waals surface area contributed by atoms with E-state index in [0.29, 0.717) is 0 Å². The molecule has 74 valence electrons. The monoisotopic (exact) mass is 211 g/mol. The molecule has 0 amide bonds. The van der Waals surface area contributed by atoms with Gasteiger partial charge in [0.15, 0.2) is 0 Å². The van der Waals surface area contributed by atoms with Crippen molar-refractivity contribution in [2.24, 2.45) is 0 Å². The van der Waals surface area contributed by atoms with Gasteiger partial charge < -0.3 is 9.14 Å². The van der Waals surface area contributed by atoms with E-state index in [0.717, 1.165) is 11.2 Å². The summed E-state index contributed by atoms with van der Waals surface area (Å²) in [4.78, 5) is 4.11. The number of methoxy groups -OCH3 is 1. The summed E-state index contributed by atoms with van der Waals surface area (Å²) in [7, 11) is 1.48. The molecule has 2 rings (SSSR count). The lowest BCUT2D eigenvalue weighted by molar-refractivity contribution is 0.401. The van der Waals surface area contributed by atoms with Crippen molar-refractivity contribution in [3.8, 4) is 0 Å². The molecule has 4 nitrogen and oxygen atoms in total. The van der Waals surface area contributed by atoms with Crippen molar-refractivity contribution >= 4 is 24.0 Å². The van der Waals surface area contributed by atoms with Crippen molar-refractivity contribution in [1.82, 2.24) is 9.38 Å². The fourth-order valence-corrected chi connectivity index (χ4v) is 1.17. The molecule has 0 unspecified atom stereocenters. The van der Waals surface area contributed by atoms with Crippen molar-refractivity contribution in [1.29, 1.82) is 5.41 Å². The number of aromatic nitrogens is 2. The second-order valence-corrected chi connectivity index (χ2v) is 2.64. The van der Waals surface area contributed by atoms with Gasteiger partial charge in [-0.05, 0) is 12.1 Å². The Hall–Kier alpha value is -1.55. The first-order valence-corrected chi connectivity index (χ1v) is 3.87. The molecule has 0 atom stereocenters. The average molecular weight is 212 g/mol. The molecule has 0 aliphatic heterocycles. The third kappa shape index (κ3) is 1.70. The number of pyridine rings is 1.